The quantitative estimate of drug-likeness (QED) is 0.582. The third-order valence-electron chi connectivity index (χ3n) is 4.12. The summed E-state index contributed by atoms with van der Waals surface area (Å²) in [4.78, 5) is 12.5. The fraction of sp³-hybridized carbons (Fsp3) is 0.750. The normalized spacial score (nSPS) is 17.4. The van der Waals surface area contributed by atoms with Crippen LogP contribution in [0.5, 0.6) is 0 Å². The molecule has 0 unspecified atom stereocenters. The third-order valence-corrected chi connectivity index (χ3v) is 5.26. The molecule has 0 bridgehead atoms. The number of nitrogens with zero attached hydrogens (tertiary/aromatic N) is 3. The first-order chi connectivity index (χ1) is 11.2. The maximum Gasteiger partial charge on any atom is 0.191 e. The lowest BCUT2D eigenvalue weighted by Gasteiger charge is -2.32. The number of aliphatic imine (C=N–C) groups is 1. The number of methoxy groups -OCH3 is 1. The van der Waals surface area contributed by atoms with Crippen molar-refractivity contribution in [1.82, 2.24) is 20.5 Å². The van der Waals surface area contributed by atoms with E-state index in [1.54, 1.807) is 18.4 Å². The molecule has 2 heterocycles. The molecule has 2 N–H and O–H groups in total. The smallest absolute Gasteiger partial charge is 0.191 e. The maximum absolute atomic E-state index is 5.15. The summed E-state index contributed by atoms with van der Waals surface area (Å²) >= 11 is 1.76. The summed E-state index contributed by atoms with van der Waals surface area (Å²) in [6.07, 6.45) is 5.29. The standard InChI is InChI=1S/C16H29N5OS/c1-4-14-11-18-15(23-14)12-19-16(17-2)20-13-5-7-21(8-6-13)9-10-22-3/h11,13H,4-10,12H2,1-3H3,(H2,17,19,20). The van der Waals surface area contributed by atoms with Crippen LogP contribution >= 0.6 is 11.3 Å². The number of aromatic nitrogens is 1. The molecule has 6 nitrogen and oxygen atoms in total. The monoisotopic (exact) mass is 339 g/mol. The highest BCUT2D eigenvalue weighted by atomic mass is 32.1. The first-order valence-electron chi connectivity index (χ1n) is 8.37. The highest BCUT2D eigenvalue weighted by Gasteiger charge is 2.19. The Labute approximate surface area is 143 Å². The average molecular weight is 340 g/mol. The Morgan fingerprint density at radius 3 is 2.87 bits per heavy atom. The van der Waals surface area contributed by atoms with Crippen LogP contribution in [-0.4, -0.2) is 62.3 Å². The summed E-state index contributed by atoms with van der Waals surface area (Å²) in [5, 5.41) is 8.01. The molecule has 130 valence electrons. The minimum atomic E-state index is 0.488. The van der Waals surface area contributed by atoms with Gasteiger partial charge in [-0.2, -0.15) is 0 Å². The van der Waals surface area contributed by atoms with Gasteiger partial charge < -0.3 is 20.3 Å². The zero-order valence-corrected chi connectivity index (χ0v) is 15.3. The number of hydrogen-bond donors (Lipinski definition) is 2. The molecule has 1 aromatic heterocycles. The lowest BCUT2D eigenvalue weighted by atomic mass is 10.1. The van der Waals surface area contributed by atoms with Crippen molar-refractivity contribution in [2.75, 3.05) is 40.4 Å². The number of guanidine groups is 1. The first-order valence-corrected chi connectivity index (χ1v) is 9.18. The van der Waals surface area contributed by atoms with Crippen molar-refractivity contribution in [3.63, 3.8) is 0 Å². The molecular formula is C16H29N5OS. The molecule has 23 heavy (non-hydrogen) atoms. The molecule has 0 radical (unpaired) electrons. The van der Waals surface area contributed by atoms with E-state index in [2.05, 4.69) is 32.4 Å². The molecule has 0 saturated carbocycles. The zero-order chi connectivity index (χ0) is 16.5. The van der Waals surface area contributed by atoms with E-state index in [0.717, 1.165) is 63.0 Å². The van der Waals surface area contributed by atoms with Gasteiger partial charge in [0.1, 0.15) is 5.01 Å². The molecule has 0 spiro atoms. The Morgan fingerprint density at radius 2 is 2.26 bits per heavy atom. The van der Waals surface area contributed by atoms with Crippen LogP contribution in [0, 0.1) is 0 Å². The number of likely N-dealkylation sites (tertiary alicyclic amines) is 1. The van der Waals surface area contributed by atoms with Gasteiger partial charge in [0.25, 0.3) is 0 Å². The minimum Gasteiger partial charge on any atom is -0.383 e. The Balaban J connectivity index is 1.71. The lowest BCUT2D eigenvalue weighted by molar-refractivity contribution is 0.128. The Kier molecular flexibility index (Phi) is 7.78. The SMILES string of the molecule is CCc1cnc(CNC(=NC)NC2CCN(CCOC)CC2)s1. The first kappa shape index (κ1) is 18.2. The molecule has 0 amide bonds. The summed E-state index contributed by atoms with van der Waals surface area (Å²) < 4.78 is 5.15. The summed E-state index contributed by atoms with van der Waals surface area (Å²) in [7, 11) is 3.58. The van der Waals surface area contributed by atoms with Crippen LogP contribution in [0.1, 0.15) is 29.7 Å². The molecule has 1 aromatic rings. The average Bonchev–Trinajstić information content (AvgIpc) is 3.06. The van der Waals surface area contributed by atoms with E-state index in [1.165, 1.54) is 4.88 Å². The molecule has 7 heteroatoms. The third kappa shape index (κ3) is 6.08. The molecule has 0 atom stereocenters. The van der Waals surface area contributed by atoms with Gasteiger partial charge in [0, 0.05) is 50.9 Å². The van der Waals surface area contributed by atoms with E-state index in [0.29, 0.717) is 6.04 Å². The molecule has 0 aliphatic carbocycles. The van der Waals surface area contributed by atoms with E-state index in [9.17, 15) is 0 Å². The van der Waals surface area contributed by atoms with Gasteiger partial charge in [0.2, 0.25) is 0 Å². The molecule has 2 rings (SSSR count). The van der Waals surface area contributed by atoms with Gasteiger partial charge in [-0.05, 0) is 19.3 Å². The van der Waals surface area contributed by atoms with Crippen LogP contribution in [0.15, 0.2) is 11.2 Å². The molecule has 1 fully saturated rings. The van der Waals surface area contributed by atoms with E-state index in [1.807, 2.05) is 13.2 Å². The van der Waals surface area contributed by atoms with Gasteiger partial charge in [-0.3, -0.25) is 4.99 Å². The predicted octanol–water partition coefficient (Wildman–Crippen LogP) is 1.48. The second kappa shape index (κ2) is 9.85. The molecular weight excluding hydrogens is 310 g/mol. The van der Waals surface area contributed by atoms with Gasteiger partial charge in [0.15, 0.2) is 5.96 Å². The Hall–Kier alpha value is -1.18. The number of ether oxygens (including phenoxy) is 1. The fourth-order valence-electron chi connectivity index (χ4n) is 2.66. The van der Waals surface area contributed by atoms with Gasteiger partial charge in [0.05, 0.1) is 13.2 Å². The summed E-state index contributed by atoms with van der Waals surface area (Å²) in [6, 6.07) is 0.488. The van der Waals surface area contributed by atoms with E-state index in [4.69, 9.17) is 4.74 Å². The number of rotatable bonds is 7. The highest BCUT2D eigenvalue weighted by molar-refractivity contribution is 7.11. The largest absolute Gasteiger partial charge is 0.383 e. The number of nitrogens with one attached hydrogen (secondary N) is 2. The number of piperidine rings is 1. The van der Waals surface area contributed by atoms with E-state index >= 15 is 0 Å². The second-order valence-corrected chi connectivity index (χ2v) is 6.95. The van der Waals surface area contributed by atoms with Crippen LogP contribution in [0.4, 0.5) is 0 Å². The van der Waals surface area contributed by atoms with Crippen molar-refractivity contribution in [2.45, 2.75) is 38.8 Å². The van der Waals surface area contributed by atoms with Crippen molar-refractivity contribution in [3.05, 3.63) is 16.1 Å². The lowest BCUT2D eigenvalue weighted by Crippen LogP contribution is -2.48. The second-order valence-electron chi connectivity index (χ2n) is 5.75. The van der Waals surface area contributed by atoms with Gasteiger partial charge in [-0.1, -0.05) is 6.92 Å². The van der Waals surface area contributed by atoms with Crippen molar-refractivity contribution >= 4 is 17.3 Å². The predicted molar refractivity (Wildman–Crippen MR) is 96.2 cm³/mol. The Bertz CT molecular complexity index is 483. The van der Waals surface area contributed by atoms with Crippen LogP contribution < -0.4 is 10.6 Å². The number of aryl methyl sites for hydroxylation is 1. The van der Waals surface area contributed by atoms with Crippen LogP contribution in [0.25, 0.3) is 0 Å². The van der Waals surface area contributed by atoms with Crippen LogP contribution in [0.2, 0.25) is 0 Å². The fourth-order valence-corrected chi connectivity index (χ4v) is 3.46. The molecule has 0 aromatic carbocycles. The van der Waals surface area contributed by atoms with E-state index in [-0.39, 0.29) is 0 Å². The maximum atomic E-state index is 5.15. The van der Waals surface area contributed by atoms with Gasteiger partial charge in [-0.15, -0.1) is 11.3 Å². The van der Waals surface area contributed by atoms with Gasteiger partial charge >= 0.3 is 0 Å². The van der Waals surface area contributed by atoms with Crippen molar-refractivity contribution in [2.24, 2.45) is 4.99 Å². The van der Waals surface area contributed by atoms with E-state index < -0.39 is 0 Å². The van der Waals surface area contributed by atoms with Crippen molar-refractivity contribution in [1.29, 1.82) is 0 Å². The van der Waals surface area contributed by atoms with Gasteiger partial charge in [-0.25, -0.2) is 4.98 Å². The van der Waals surface area contributed by atoms with Crippen molar-refractivity contribution in [3.8, 4) is 0 Å². The zero-order valence-electron chi connectivity index (χ0n) is 14.5. The number of hydrogen-bond acceptors (Lipinski definition) is 5. The molecule has 1 aliphatic rings. The van der Waals surface area contributed by atoms with Crippen molar-refractivity contribution < 1.29 is 4.74 Å². The summed E-state index contributed by atoms with van der Waals surface area (Å²) in [5.41, 5.74) is 0. The number of thiazole rings is 1. The highest BCUT2D eigenvalue weighted by Crippen LogP contribution is 2.13. The molecule has 1 aliphatic heterocycles. The van der Waals surface area contributed by atoms with Crippen LogP contribution in [0.3, 0.4) is 0 Å². The summed E-state index contributed by atoms with van der Waals surface area (Å²) in [6.45, 7) is 6.96. The van der Waals surface area contributed by atoms with Crippen LogP contribution in [-0.2, 0) is 17.7 Å². The minimum absolute atomic E-state index is 0.488. The summed E-state index contributed by atoms with van der Waals surface area (Å²) in [5.74, 6) is 0.869. The topological polar surface area (TPSA) is 61.8 Å². The molecule has 1 saturated heterocycles. The Morgan fingerprint density at radius 1 is 1.48 bits per heavy atom.